The number of hydrogen-bond acceptors (Lipinski definition) is 6. The van der Waals surface area contributed by atoms with Crippen molar-refractivity contribution in [3.8, 4) is 11.5 Å². The Morgan fingerprint density at radius 2 is 1.27 bits per heavy atom. The summed E-state index contributed by atoms with van der Waals surface area (Å²) in [5, 5.41) is 2.72. The van der Waals surface area contributed by atoms with Gasteiger partial charge in [-0.05, 0) is 48.7 Å². The molecule has 7 heteroatoms. The smallest absolute Gasteiger partial charge is 0.407 e. The Morgan fingerprint density at radius 1 is 0.784 bits per heavy atom. The average molecular weight is 512 g/mol. The van der Waals surface area contributed by atoms with Gasteiger partial charge in [-0.3, -0.25) is 0 Å². The number of unbranched alkanes of at least 4 members (excludes halogenated alkanes) is 1. The van der Waals surface area contributed by atoms with Crippen LogP contribution < -0.4 is 14.8 Å². The van der Waals surface area contributed by atoms with E-state index in [9.17, 15) is 9.59 Å². The summed E-state index contributed by atoms with van der Waals surface area (Å²) in [6.45, 7) is 13.8. The molecule has 0 saturated heterocycles. The van der Waals surface area contributed by atoms with Gasteiger partial charge in [-0.2, -0.15) is 0 Å². The third-order valence-corrected chi connectivity index (χ3v) is 5.88. The number of carbonyl (C=O) groups is 2. The third-order valence-electron chi connectivity index (χ3n) is 5.88. The van der Waals surface area contributed by atoms with Crippen molar-refractivity contribution in [2.45, 2.75) is 58.8 Å². The van der Waals surface area contributed by atoms with Crippen LogP contribution in [0.2, 0.25) is 0 Å². The molecule has 0 saturated carbocycles. The molecule has 2 aromatic rings. The fourth-order valence-electron chi connectivity index (χ4n) is 3.47. The van der Waals surface area contributed by atoms with Gasteiger partial charge < -0.3 is 24.3 Å². The zero-order valence-electron chi connectivity index (χ0n) is 22.6. The summed E-state index contributed by atoms with van der Waals surface area (Å²) in [6, 6.07) is 16.1. The molecule has 1 N–H and O–H groups in total. The molecule has 7 nitrogen and oxygen atoms in total. The minimum Gasteiger partial charge on any atom is -0.493 e. The molecule has 2 aromatic carbocycles. The van der Waals surface area contributed by atoms with Crippen LogP contribution in [0.1, 0.15) is 64.5 Å². The van der Waals surface area contributed by atoms with Crippen LogP contribution in [0.25, 0.3) is 0 Å². The summed E-state index contributed by atoms with van der Waals surface area (Å²) in [5.41, 5.74) is 2.53. The molecule has 0 aliphatic rings. The van der Waals surface area contributed by atoms with Crippen molar-refractivity contribution < 1.29 is 28.5 Å². The number of benzene rings is 2. The molecular weight excluding hydrogens is 470 g/mol. The lowest BCUT2D eigenvalue weighted by Crippen LogP contribution is -2.25. The van der Waals surface area contributed by atoms with Crippen LogP contribution in [0.3, 0.4) is 0 Å². The van der Waals surface area contributed by atoms with Crippen molar-refractivity contribution in [2.75, 3.05) is 33.0 Å². The summed E-state index contributed by atoms with van der Waals surface area (Å²) in [4.78, 5) is 22.9. The number of hydrogen-bond donors (Lipinski definition) is 1. The van der Waals surface area contributed by atoms with Gasteiger partial charge in [0.05, 0.1) is 26.4 Å². The Morgan fingerprint density at radius 3 is 1.73 bits per heavy atom. The number of alkyl carbamates (subject to hydrolysis) is 1. The van der Waals surface area contributed by atoms with E-state index in [0.29, 0.717) is 51.4 Å². The predicted octanol–water partition coefficient (Wildman–Crippen LogP) is 6.20. The Hall–Kier alpha value is -3.48. The Labute approximate surface area is 221 Å². The van der Waals surface area contributed by atoms with E-state index in [1.807, 2.05) is 24.3 Å². The van der Waals surface area contributed by atoms with Crippen LogP contribution in [0.5, 0.6) is 11.5 Å². The maximum absolute atomic E-state index is 11.5. The van der Waals surface area contributed by atoms with Gasteiger partial charge in [0, 0.05) is 30.4 Å². The van der Waals surface area contributed by atoms with Crippen LogP contribution in [0.15, 0.2) is 60.7 Å². The standard InChI is InChI=1S/C30H41NO6/c1-6-7-18-31-29(33)37-22-9-20-35-27-16-12-25(13-17-27)30(4,5)24-10-14-26(15-11-24)34-19-8-21-36-28(32)23(2)3/h10-17H,2,6-9,18-22H2,1,3-5H3,(H,31,33). The highest BCUT2D eigenvalue weighted by Crippen LogP contribution is 2.33. The lowest BCUT2D eigenvalue weighted by atomic mass is 9.78. The molecule has 0 radical (unpaired) electrons. The highest BCUT2D eigenvalue weighted by atomic mass is 16.6. The number of rotatable bonds is 16. The highest BCUT2D eigenvalue weighted by Gasteiger charge is 2.23. The molecule has 0 fully saturated rings. The molecule has 0 aromatic heterocycles. The second kappa shape index (κ2) is 15.6. The first-order valence-electron chi connectivity index (χ1n) is 12.9. The Bertz CT molecular complexity index is 982. The normalized spacial score (nSPS) is 10.9. The summed E-state index contributed by atoms with van der Waals surface area (Å²) in [5.74, 6) is 1.18. The molecule has 37 heavy (non-hydrogen) atoms. The van der Waals surface area contributed by atoms with E-state index in [4.69, 9.17) is 18.9 Å². The third kappa shape index (κ3) is 10.6. The zero-order valence-corrected chi connectivity index (χ0v) is 22.6. The van der Waals surface area contributed by atoms with Gasteiger partial charge in [0.2, 0.25) is 0 Å². The highest BCUT2D eigenvalue weighted by molar-refractivity contribution is 5.86. The van der Waals surface area contributed by atoms with Crippen molar-refractivity contribution in [2.24, 2.45) is 0 Å². The molecule has 0 spiro atoms. The van der Waals surface area contributed by atoms with E-state index in [1.54, 1.807) is 6.92 Å². The molecule has 1 amide bonds. The number of ether oxygens (including phenoxy) is 4. The fourth-order valence-corrected chi connectivity index (χ4v) is 3.47. The SMILES string of the molecule is C=C(C)C(=O)OCCCOc1ccc(C(C)(C)c2ccc(OCCCOC(=O)NCCCC)cc2)cc1. The second-order valence-corrected chi connectivity index (χ2v) is 9.41. The minimum absolute atomic E-state index is 0.202. The average Bonchev–Trinajstić information content (AvgIpc) is 2.89. The first kappa shape index (κ1) is 29.7. The molecule has 0 bridgehead atoms. The van der Waals surface area contributed by atoms with Crippen LogP contribution in [-0.2, 0) is 19.7 Å². The van der Waals surface area contributed by atoms with Crippen molar-refractivity contribution in [1.29, 1.82) is 0 Å². The maximum Gasteiger partial charge on any atom is 0.407 e. The summed E-state index contributed by atoms with van der Waals surface area (Å²) >= 11 is 0. The molecule has 0 aliphatic carbocycles. The van der Waals surface area contributed by atoms with Crippen molar-refractivity contribution in [3.05, 3.63) is 71.8 Å². The fraction of sp³-hybridized carbons (Fsp3) is 0.467. The Balaban J connectivity index is 1.75. The lowest BCUT2D eigenvalue weighted by Gasteiger charge is -2.26. The van der Waals surface area contributed by atoms with Gasteiger partial charge in [0.15, 0.2) is 0 Å². The van der Waals surface area contributed by atoms with Gasteiger partial charge in [0.1, 0.15) is 11.5 Å². The summed E-state index contributed by atoms with van der Waals surface area (Å²) < 4.78 is 21.8. The molecule has 2 rings (SSSR count). The molecule has 0 aliphatic heterocycles. The van der Waals surface area contributed by atoms with Crippen LogP contribution in [0, 0.1) is 0 Å². The second-order valence-electron chi connectivity index (χ2n) is 9.41. The molecule has 0 atom stereocenters. The van der Waals surface area contributed by atoms with Crippen LogP contribution >= 0.6 is 0 Å². The number of amides is 1. The van der Waals surface area contributed by atoms with Crippen LogP contribution in [0.4, 0.5) is 4.79 Å². The molecular formula is C30H41NO6. The van der Waals surface area contributed by atoms with Crippen molar-refractivity contribution in [3.63, 3.8) is 0 Å². The predicted molar refractivity (Wildman–Crippen MR) is 145 cm³/mol. The molecule has 0 heterocycles. The van der Waals surface area contributed by atoms with E-state index in [0.717, 1.165) is 24.3 Å². The number of nitrogens with one attached hydrogen (secondary N) is 1. The van der Waals surface area contributed by atoms with Gasteiger partial charge in [-0.1, -0.05) is 58.0 Å². The minimum atomic E-state index is -0.375. The van der Waals surface area contributed by atoms with E-state index in [1.165, 1.54) is 11.1 Å². The molecule has 0 unspecified atom stereocenters. The maximum atomic E-state index is 11.5. The summed E-state index contributed by atoms with van der Waals surface area (Å²) in [6.07, 6.45) is 2.85. The lowest BCUT2D eigenvalue weighted by molar-refractivity contribution is -0.139. The Kier molecular flexibility index (Phi) is 12.5. The van der Waals surface area contributed by atoms with E-state index >= 15 is 0 Å². The number of carbonyl (C=O) groups excluding carboxylic acids is 2. The number of esters is 1. The van der Waals surface area contributed by atoms with E-state index < -0.39 is 0 Å². The quantitative estimate of drug-likeness (QED) is 0.164. The zero-order chi connectivity index (χ0) is 27.1. The van der Waals surface area contributed by atoms with E-state index in [2.05, 4.69) is 56.9 Å². The van der Waals surface area contributed by atoms with Gasteiger partial charge in [0.25, 0.3) is 0 Å². The van der Waals surface area contributed by atoms with E-state index in [-0.39, 0.29) is 17.5 Å². The topological polar surface area (TPSA) is 83.1 Å². The van der Waals surface area contributed by atoms with Gasteiger partial charge in [-0.25, -0.2) is 9.59 Å². The first-order valence-corrected chi connectivity index (χ1v) is 12.9. The van der Waals surface area contributed by atoms with Crippen LogP contribution in [-0.4, -0.2) is 45.0 Å². The van der Waals surface area contributed by atoms with Crippen molar-refractivity contribution >= 4 is 12.1 Å². The first-order chi connectivity index (χ1) is 17.7. The largest absolute Gasteiger partial charge is 0.493 e. The summed E-state index contributed by atoms with van der Waals surface area (Å²) in [7, 11) is 0. The monoisotopic (exact) mass is 511 g/mol. The van der Waals surface area contributed by atoms with Gasteiger partial charge in [-0.15, -0.1) is 0 Å². The van der Waals surface area contributed by atoms with Crippen molar-refractivity contribution in [1.82, 2.24) is 5.32 Å². The molecule has 202 valence electrons. The van der Waals surface area contributed by atoms with Gasteiger partial charge >= 0.3 is 12.1 Å².